The molecule has 16 heavy (non-hydrogen) atoms. The molecule has 0 spiro atoms. The summed E-state index contributed by atoms with van der Waals surface area (Å²) in [4.78, 5) is 10.3. The average Bonchev–Trinajstić information content (AvgIpc) is 2.71. The molecule has 0 bridgehead atoms. The number of rotatable bonds is 5. The Morgan fingerprint density at radius 1 is 1.38 bits per heavy atom. The van der Waals surface area contributed by atoms with Crippen LogP contribution in [0, 0.1) is 0 Å². The Morgan fingerprint density at radius 2 is 2.19 bits per heavy atom. The van der Waals surface area contributed by atoms with Crippen LogP contribution < -0.4 is 14.8 Å². The largest absolute Gasteiger partial charge is 0.481 e. The van der Waals surface area contributed by atoms with Crippen molar-refractivity contribution in [1.82, 2.24) is 5.32 Å². The van der Waals surface area contributed by atoms with Crippen LogP contribution in [-0.4, -0.2) is 24.4 Å². The van der Waals surface area contributed by atoms with Crippen LogP contribution in [0.25, 0.3) is 0 Å². The van der Waals surface area contributed by atoms with Gasteiger partial charge in [0.2, 0.25) is 6.79 Å². The van der Waals surface area contributed by atoms with Crippen molar-refractivity contribution in [3.8, 4) is 11.5 Å². The quantitative estimate of drug-likeness (QED) is 0.728. The Balaban J connectivity index is 1.83. The van der Waals surface area contributed by atoms with Gasteiger partial charge in [0.15, 0.2) is 11.5 Å². The van der Waals surface area contributed by atoms with E-state index in [1.807, 2.05) is 18.2 Å². The number of carbonyl (C=O) groups is 1. The normalized spacial score (nSPS) is 12.8. The van der Waals surface area contributed by atoms with E-state index in [-0.39, 0.29) is 13.2 Å². The number of carboxylic acids is 1. The van der Waals surface area contributed by atoms with Gasteiger partial charge in [0.05, 0.1) is 6.42 Å². The van der Waals surface area contributed by atoms with E-state index < -0.39 is 5.97 Å². The highest BCUT2D eigenvalue weighted by Gasteiger charge is 2.12. The summed E-state index contributed by atoms with van der Waals surface area (Å²) in [6, 6.07) is 5.69. The first-order valence-corrected chi connectivity index (χ1v) is 5.07. The number of ether oxygens (including phenoxy) is 2. The third-order valence-electron chi connectivity index (χ3n) is 2.28. The minimum Gasteiger partial charge on any atom is -0.481 e. The molecule has 0 atom stereocenters. The maximum atomic E-state index is 10.3. The summed E-state index contributed by atoms with van der Waals surface area (Å²) >= 11 is 0. The first-order chi connectivity index (χ1) is 7.75. The number of aliphatic carboxylic acids is 1. The highest BCUT2D eigenvalue weighted by molar-refractivity contribution is 5.66. The number of benzene rings is 1. The second kappa shape index (κ2) is 4.85. The first kappa shape index (κ1) is 10.8. The van der Waals surface area contributed by atoms with Gasteiger partial charge in [0.25, 0.3) is 0 Å². The zero-order chi connectivity index (χ0) is 11.4. The molecule has 0 saturated carbocycles. The summed E-state index contributed by atoms with van der Waals surface area (Å²) in [5, 5.41) is 11.5. The molecule has 1 aromatic rings. The first-order valence-electron chi connectivity index (χ1n) is 5.07. The van der Waals surface area contributed by atoms with Crippen molar-refractivity contribution >= 4 is 5.97 Å². The molecule has 1 heterocycles. The smallest absolute Gasteiger partial charge is 0.304 e. The molecule has 5 nitrogen and oxygen atoms in total. The maximum absolute atomic E-state index is 10.3. The summed E-state index contributed by atoms with van der Waals surface area (Å²) in [5.41, 5.74) is 1.05. The molecule has 0 fully saturated rings. The molecular weight excluding hydrogens is 210 g/mol. The van der Waals surface area contributed by atoms with Gasteiger partial charge in [0, 0.05) is 13.1 Å². The van der Waals surface area contributed by atoms with Crippen molar-refractivity contribution in [3.05, 3.63) is 23.8 Å². The average molecular weight is 223 g/mol. The van der Waals surface area contributed by atoms with Crippen molar-refractivity contribution in [2.24, 2.45) is 0 Å². The molecule has 5 heteroatoms. The molecule has 1 aromatic carbocycles. The Bertz CT molecular complexity index is 392. The van der Waals surface area contributed by atoms with E-state index in [9.17, 15) is 4.79 Å². The SMILES string of the molecule is O=C(O)CCNCc1ccc2c(c1)OCO2. The van der Waals surface area contributed by atoms with Crippen LogP contribution in [0.2, 0.25) is 0 Å². The van der Waals surface area contributed by atoms with Gasteiger partial charge in [-0.2, -0.15) is 0 Å². The van der Waals surface area contributed by atoms with Crippen molar-refractivity contribution in [3.63, 3.8) is 0 Å². The second-order valence-electron chi connectivity index (χ2n) is 3.51. The molecule has 0 unspecified atom stereocenters. The van der Waals surface area contributed by atoms with Gasteiger partial charge in [-0.15, -0.1) is 0 Å². The molecular formula is C11H13NO4. The monoisotopic (exact) mass is 223 g/mol. The lowest BCUT2D eigenvalue weighted by Crippen LogP contribution is -2.17. The number of nitrogens with one attached hydrogen (secondary N) is 1. The summed E-state index contributed by atoms with van der Waals surface area (Å²) < 4.78 is 10.4. The molecule has 1 aliphatic heterocycles. The Kier molecular flexibility index (Phi) is 3.26. The van der Waals surface area contributed by atoms with Gasteiger partial charge in [0.1, 0.15) is 0 Å². The molecule has 0 amide bonds. The molecule has 2 rings (SSSR count). The van der Waals surface area contributed by atoms with Crippen LogP contribution in [-0.2, 0) is 11.3 Å². The fourth-order valence-electron chi connectivity index (χ4n) is 1.48. The van der Waals surface area contributed by atoms with Crippen LogP contribution in [0.1, 0.15) is 12.0 Å². The lowest BCUT2D eigenvalue weighted by Gasteiger charge is -2.04. The van der Waals surface area contributed by atoms with Crippen LogP contribution in [0.3, 0.4) is 0 Å². The third-order valence-corrected chi connectivity index (χ3v) is 2.28. The van der Waals surface area contributed by atoms with Crippen LogP contribution in [0.5, 0.6) is 11.5 Å². The number of carboxylic acid groups (broad SMARTS) is 1. The maximum Gasteiger partial charge on any atom is 0.304 e. The van der Waals surface area contributed by atoms with Gasteiger partial charge < -0.3 is 19.9 Å². The van der Waals surface area contributed by atoms with Crippen molar-refractivity contribution < 1.29 is 19.4 Å². The summed E-state index contributed by atoms with van der Waals surface area (Å²) in [6.07, 6.45) is 0.130. The molecule has 0 radical (unpaired) electrons. The molecule has 0 aliphatic carbocycles. The van der Waals surface area contributed by atoms with Crippen molar-refractivity contribution in [2.75, 3.05) is 13.3 Å². The standard InChI is InChI=1S/C11H13NO4/c13-11(14)3-4-12-6-8-1-2-9-10(5-8)16-7-15-9/h1-2,5,12H,3-4,6-7H2,(H,13,14). The predicted molar refractivity (Wildman–Crippen MR) is 56.5 cm³/mol. The van der Waals surface area contributed by atoms with E-state index in [2.05, 4.69) is 5.32 Å². The van der Waals surface area contributed by atoms with Crippen LogP contribution in [0.4, 0.5) is 0 Å². The molecule has 0 aromatic heterocycles. The lowest BCUT2D eigenvalue weighted by atomic mass is 10.2. The minimum absolute atomic E-state index is 0.130. The molecule has 86 valence electrons. The summed E-state index contributed by atoms with van der Waals surface area (Å²) in [5.74, 6) is 0.713. The predicted octanol–water partition coefficient (Wildman–Crippen LogP) is 0.980. The topological polar surface area (TPSA) is 67.8 Å². The van der Waals surface area contributed by atoms with E-state index >= 15 is 0 Å². The van der Waals surface area contributed by atoms with Crippen LogP contribution >= 0.6 is 0 Å². The second-order valence-corrected chi connectivity index (χ2v) is 3.51. The van der Waals surface area contributed by atoms with E-state index in [1.165, 1.54) is 0 Å². The minimum atomic E-state index is -0.793. The third kappa shape index (κ3) is 2.64. The fourth-order valence-corrected chi connectivity index (χ4v) is 1.48. The van der Waals surface area contributed by atoms with Crippen molar-refractivity contribution in [1.29, 1.82) is 0 Å². The summed E-state index contributed by atoms with van der Waals surface area (Å²) in [6.45, 7) is 1.36. The Hall–Kier alpha value is -1.75. The Labute approximate surface area is 93.0 Å². The zero-order valence-electron chi connectivity index (χ0n) is 8.73. The fraction of sp³-hybridized carbons (Fsp3) is 0.364. The van der Waals surface area contributed by atoms with Gasteiger partial charge in [-0.3, -0.25) is 4.79 Å². The van der Waals surface area contributed by atoms with Crippen LogP contribution in [0.15, 0.2) is 18.2 Å². The molecule has 2 N–H and O–H groups in total. The van der Waals surface area contributed by atoms with E-state index in [4.69, 9.17) is 14.6 Å². The van der Waals surface area contributed by atoms with Gasteiger partial charge in [-0.25, -0.2) is 0 Å². The highest BCUT2D eigenvalue weighted by Crippen LogP contribution is 2.32. The molecule has 0 saturated heterocycles. The lowest BCUT2D eigenvalue weighted by molar-refractivity contribution is -0.136. The van der Waals surface area contributed by atoms with Gasteiger partial charge in [-0.05, 0) is 17.7 Å². The van der Waals surface area contributed by atoms with E-state index in [0.717, 1.165) is 17.1 Å². The van der Waals surface area contributed by atoms with Gasteiger partial charge >= 0.3 is 5.97 Å². The summed E-state index contributed by atoms with van der Waals surface area (Å²) in [7, 11) is 0. The zero-order valence-corrected chi connectivity index (χ0v) is 8.73. The van der Waals surface area contributed by atoms with E-state index in [0.29, 0.717) is 13.1 Å². The number of hydrogen-bond donors (Lipinski definition) is 2. The van der Waals surface area contributed by atoms with E-state index in [1.54, 1.807) is 0 Å². The highest BCUT2D eigenvalue weighted by atomic mass is 16.7. The number of hydrogen-bond acceptors (Lipinski definition) is 4. The van der Waals surface area contributed by atoms with Gasteiger partial charge in [-0.1, -0.05) is 6.07 Å². The van der Waals surface area contributed by atoms with Crippen molar-refractivity contribution in [2.45, 2.75) is 13.0 Å². The molecule has 1 aliphatic rings. The number of fused-ring (bicyclic) bond motifs is 1. The Morgan fingerprint density at radius 3 is 3.00 bits per heavy atom.